The van der Waals surface area contributed by atoms with Crippen LogP contribution in [0.5, 0.6) is 5.75 Å². The molecule has 1 aliphatic rings. The molecule has 2 aromatic carbocycles. The molecule has 148 valence electrons. The smallest absolute Gasteiger partial charge is 0.243 e. The Kier molecular flexibility index (Phi) is 5.17. The highest BCUT2D eigenvalue weighted by Gasteiger charge is 2.31. The van der Waals surface area contributed by atoms with Gasteiger partial charge in [-0.25, -0.2) is 8.42 Å². The van der Waals surface area contributed by atoms with Gasteiger partial charge in [-0.2, -0.15) is 4.31 Å². The average molecular weight is 399 g/mol. The highest BCUT2D eigenvalue weighted by atomic mass is 32.2. The Morgan fingerprint density at radius 3 is 2.68 bits per heavy atom. The largest absolute Gasteiger partial charge is 0.494 e. The monoisotopic (exact) mass is 398 g/mol. The third kappa shape index (κ3) is 3.66. The van der Waals surface area contributed by atoms with Crippen molar-refractivity contribution in [3.8, 4) is 5.75 Å². The molecule has 1 atom stereocenters. The van der Waals surface area contributed by atoms with Crippen LogP contribution < -0.4 is 4.74 Å². The van der Waals surface area contributed by atoms with Gasteiger partial charge >= 0.3 is 0 Å². The molecule has 4 rings (SSSR count). The van der Waals surface area contributed by atoms with Crippen LogP contribution in [-0.2, 0) is 10.0 Å². The molecule has 1 unspecified atom stereocenters. The highest BCUT2D eigenvalue weighted by Crippen LogP contribution is 2.32. The lowest BCUT2D eigenvalue weighted by molar-refractivity contribution is 0.313. The number of nitrogens with one attached hydrogen (secondary N) is 1. The van der Waals surface area contributed by atoms with E-state index < -0.39 is 10.0 Å². The summed E-state index contributed by atoms with van der Waals surface area (Å²) >= 11 is 0. The van der Waals surface area contributed by atoms with E-state index in [0.717, 1.165) is 24.1 Å². The van der Waals surface area contributed by atoms with E-state index >= 15 is 0 Å². The molecule has 0 spiro atoms. The van der Waals surface area contributed by atoms with E-state index in [9.17, 15) is 8.42 Å². The number of hydrogen-bond donors (Lipinski definition) is 1. The van der Waals surface area contributed by atoms with Gasteiger partial charge in [0.1, 0.15) is 5.75 Å². The lowest BCUT2D eigenvalue weighted by atomic mass is 9.96. The molecular formula is C22H26N2O3S. The quantitative estimate of drug-likeness (QED) is 0.691. The Morgan fingerprint density at radius 2 is 1.93 bits per heavy atom. The van der Waals surface area contributed by atoms with Gasteiger partial charge in [-0.1, -0.05) is 11.6 Å². The van der Waals surface area contributed by atoms with E-state index in [0.29, 0.717) is 30.3 Å². The van der Waals surface area contributed by atoms with Gasteiger partial charge < -0.3 is 9.72 Å². The van der Waals surface area contributed by atoms with E-state index in [2.05, 4.69) is 36.2 Å². The zero-order valence-corrected chi connectivity index (χ0v) is 17.1. The zero-order valence-electron chi connectivity index (χ0n) is 16.3. The van der Waals surface area contributed by atoms with Gasteiger partial charge in [0.05, 0.1) is 11.5 Å². The van der Waals surface area contributed by atoms with Crippen LogP contribution in [0.3, 0.4) is 0 Å². The molecule has 0 bridgehead atoms. The molecule has 0 radical (unpaired) electrons. The molecule has 1 aromatic heterocycles. The summed E-state index contributed by atoms with van der Waals surface area (Å²) in [6.07, 6.45) is 1.84. The maximum Gasteiger partial charge on any atom is 0.243 e. The standard InChI is InChI=1S/C22H26N2O3S/c1-3-27-19-7-9-20(10-8-19)28(25,26)24-12-4-5-17(15-24)22-14-18-13-16(2)6-11-21(18)23-22/h6-11,13-14,17,23H,3-5,12,15H2,1-2H3. The van der Waals surface area contributed by atoms with Gasteiger partial charge in [-0.3, -0.25) is 0 Å². The number of hydrogen-bond acceptors (Lipinski definition) is 3. The van der Waals surface area contributed by atoms with Crippen molar-refractivity contribution in [2.24, 2.45) is 0 Å². The van der Waals surface area contributed by atoms with E-state index in [1.807, 2.05) is 6.92 Å². The van der Waals surface area contributed by atoms with E-state index in [1.165, 1.54) is 10.9 Å². The minimum Gasteiger partial charge on any atom is -0.494 e. The first-order chi connectivity index (χ1) is 13.5. The number of sulfonamides is 1. The number of aryl methyl sites for hydroxylation is 1. The topological polar surface area (TPSA) is 62.4 Å². The van der Waals surface area contributed by atoms with Crippen LogP contribution in [0.25, 0.3) is 10.9 Å². The molecule has 28 heavy (non-hydrogen) atoms. The number of aromatic nitrogens is 1. The first-order valence-corrected chi connectivity index (χ1v) is 11.2. The van der Waals surface area contributed by atoms with Crippen LogP contribution >= 0.6 is 0 Å². The maximum atomic E-state index is 13.1. The van der Waals surface area contributed by atoms with Crippen LogP contribution in [0.1, 0.15) is 36.9 Å². The van der Waals surface area contributed by atoms with Crippen molar-refractivity contribution in [3.05, 3.63) is 59.8 Å². The fraction of sp³-hybridized carbons (Fsp3) is 0.364. The van der Waals surface area contributed by atoms with Crippen LogP contribution in [0.15, 0.2) is 53.4 Å². The van der Waals surface area contributed by atoms with Gasteiger partial charge in [-0.05, 0) is 74.5 Å². The molecule has 1 N–H and O–H groups in total. The van der Waals surface area contributed by atoms with Crippen molar-refractivity contribution in [1.29, 1.82) is 0 Å². The van der Waals surface area contributed by atoms with Crippen molar-refractivity contribution in [2.45, 2.75) is 37.5 Å². The van der Waals surface area contributed by atoms with Crippen LogP contribution in [-0.4, -0.2) is 37.4 Å². The normalized spacial score (nSPS) is 18.4. The molecule has 0 amide bonds. The number of aromatic amines is 1. The summed E-state index contributed by atoms with van der Waals surface area (Å²) in [5.74, 6) is 0.866. The number of fused-ring (bicyclic) bond motifs is 1. The predicted octanol–water partition coefficient (Wildman–Crippen LogP) is 4.44. The molecule has 6 heteroatoms. The lowest BCUT2D eigenvalue weighted by Crippen LogP contribution is -2.39. The van der Waals surface area contributed by atoms with Gasteiger partial charge in [-0.15, -0.1) is 0 Å². The van der Waals surface area contributed by atoms with E-state index in [1.54, 1.807) is 28.6 Å². The van der Waals surface area contributed by atoms with Crippen molar-refractivity contribution >= 4 is 20.9 Å². The van der Waals surface area contributed by atoms with Gasteiger partial charge in [0.15, 0.2) is 0 Å². The Bertz CT molecular complexity index is 1070. The lowest BCUT2D eigenvalue weighted by Gasteiger charge is -2.31. The van der Waals surface area contributed by atoms with Crippen molar-refractivity contribution in [2.75, 3.05) is 19.7 Å². The first kappa shape index (κ1) is 19.0. The Morgan fingerprint density at radius 1 is 1.14 bits per heavy atom. The molecule has 1 aliphatic heterocycles. The number of piperidine rings is 1. The summed E-state index contributed by atoms with van der Waals surface area (Å²) in [4.78, 5) is 3.81. The van der Waals surface area contributed by atoms with Gasteiger partial charge in [0.2, 0.25) is 10.0 Å². The third-order valence-corrected chi connectivity index (χ3v) is 7.27. The third-order valence-electron chi connectivity index (χ3n) is 5.39. The predicted molar refractivity (Wildman–Crippen MR) is 111 cm³/mol. The molecule has 3 aromatic rings. The van der Waals surface area contributed by atoms with Crippen LogP contribution in [0.4, 0.5) is 0 Å². The molecule has 0 saturated carbocycles. The SMILES string of the molecule is CCOc1ccc(S(=O)(=O)N2CCCC(c3cc4cc(C)ccc4[nH]3)C2)cc1. The van der Waals surface area contributed by atoms with Crippen molar-refractivity contribution < 1.29 is 13.2 Å². The maximum absolute atomic E-state index is 13.1. The number of nitrogens with zero attached hydrogens (tertiary/aromatic N) is 1. The fourth-order valence-corrected chi connectivity index (χ4v) is 5.46. The minimum atomic E-state index is -3.51. The van der Waals surface area contributed by atoms with E-state index in [4.69, 9.17) is 4.74 Å². The van der Waals surface area contributed by atoms with Crippen LogP contribution in [0, 0.1) is 6.92 Å². The van der Waals surface area contributed by atoms with Crippen molar-refractivity contribution in [3.63, 3.8) is 0 Å². The summed E-state index contributed by atoms with van der Waals surface area (Å²) in [7, 11) is -3.51. The van der Waals surface area contributed by atoms with E-state index in [-0.39, 0.29) is 5.92 Å². The average Bonchev–Trinajstić information content (AvgIpc) is 3.12. The molecule has 1 saturated heterocycles. The molecule has 5 nitrogen and oxygen atoms in total. The second kappa shape index (κ2) is 7.60. The minimum absolute atomic E-state index is 0.180. The molecule has 1 fully saturated rings. The van der Waals surface area contributed by atoms with Crippen molar-refractivity contribution in [1.82, 2.24) is 9.29 Å². The summed E-state index contributed by atoms with van der Waals surface area (Å²) in [6.45, 7) is 5.61. The molecule has 0 aliphatic carbocycles. The Labute approximate surface area is 166 Å². The summed E-state index contributed by atoms with van der Waals surface area (Å²) in [5.41, 5.74) is 3.45. The van der Waals surface area contributed by atoms with Gasteiger partial charge in [0, 0.05) is 30.2 Å². The fourth-order valence-electron chi connectivity index (χ4n) is 3.93. The Balaban J connectivity index is 1.56. The summed E-state index contributed by atoms with van der Waals surface area (Å²) < 4.78 is 33.3. The molecule has 2 heterocycles. The number of rotatable bonds is 5. The number of H-pyrrole nitrogens is 1. The summed E-state index contributed by atoms with van der Waals surface area (Å²) in [6, 6.07) is 15.2. The first-order valence-electron chi connectivity index (χ1n) is 9.79. The summed E-state index contributed by atoms with van der Waals surface area (Å²) in [5, 5.41) is 1.18. The number of ether oxygens (including phenoxy) is 1. The second-order valence-corrected chi connectivity index (χ2v) is 9.36. The second-order valence-electron chi connectivity index (χ2n) is 7.42. The highest BCUT2D eigenvalue weighted by molar-refractivity contribution is 7.89. The molecular weight excluding hydrogens is 372 g/mol. The zero-order chi connectivity index (χ0) is 19.7. The number of benzene rings is 2. The van der Waals surface area contributed by atoms with Gasteiger partial charge in [0.25, 0.3) is 0 Å². The Hall–Kier alpha value is -2.31. The van der Waals surface area contributed by atoms with Crippen LogP contribution in [0.2, 0.25) is 0 Å².